The predicted molar refractivity (Wildman–Crippen MR) is 139 cm³/mol. The summed E-state index contributed by atoms with van der Waals surface area (Å²) in [5.74, 6) is -12.1. The van der Waals surface area contributed by atoms with Gasteiger partial charge in [0.1, 0.15) is 40.6 Å². The quantitative estimate of drug-likeness (QED) is 0.166. The van der Waals surface area contributed by atoms with Crippen molar-refractivity contribution in [2.24, 2.45) is 5.73 Å². The molecule has 1 fully saturated rings. The highest BCUT2D eigenvalue weighted by atomic mass is 19.1. The zero-order chi connectivity index (χ0) is 31.6. The van der Waals surface area contributed by atoms with Crippen LogP contribution in [0.25, 0.3) is 0 Å². The van der Waals surface area contributed by atoms with Crippen LogP contribution in [0.4, 0.5) is 18.0 Å². The number of imide groups is 1. The van der Waals surface area contributed by atoms with Gasteiger partial charge in [-0.25, -0.2) is 22.8 Å². The molecule has 0 aromatic heterocycles. The Morgan fingerprint density at radius 3 is 2.40 bits per heavy atom. The first kappa shape index (κ1) is 31.1. The molecule has 43 heavy (non-hydrogen) atoms. The van der Waals surface area contributed by atoms with Gasteiger partial charge in [0.05, 0.1) is 11.5 Å². The molecule has 5 amide bonds. The third kappa shape index (κ3) is 6.34. The van der Waals surface area contributed by atoms with Gasteiger partial charge in [0.25, 0.3) is 0 Å². The van der Waals surface area contributed by atoms with Crippen molar-refractivity contribution in [1.29, 1.82) is 0 Å². The monoisotopic (exact) mass is 607 g/mol. The summed E-state index contributed by atoms with van der Waals surface area (Å²) in [6.07, 6.45) is 0.0579. The molecule has 0 bridgehead atoms. The van der Waals surface area contributed by atoms with Crippen molar-refractivity contribution >= 4 is 36.8 Å². The number of piperazine rings is 1. The topological polar surface area (TPSA) is 212 Å². The number of phenols is 1. The smallest absolute Gasteiger partial charge is 0.534 e. The highest BCUT2D eigenvalue weighted by molar-refractivity contribution is 6.47. The van der Waals surface area contributed by atoms with Crippen molar-refractivity contribution in [3.63, 3.8) is 0 Å². The highest BCUT2D eigenvalue weighted by Gasteiger charge is 2.42. The van der Waals surface area contributed by atoms with Gasteiger partial charge in [-0.15, -0.1) is 0 Å². The number of amides is 5. The Labute approximate surface area is 241 Å². The second kappa shape index (κ2) is 12.6. The van der Waals surface area contributed by atoms with E-state index in [4.69, 9.17) is 10.4 Å². The maximum atomic E-state index is 14.9. The number of carbonyl (C=O) groups is 5. The summed E-state index contributed by atoms with van der Waals surface area (Å²) in [5.41, 5.74) is 3.58. The van der Waals surface area contributed by atoms with E-state index in [0.29, 0.717) is 23.5 Å². The second-order valence-corrected chi connectivity index (χ2v) is 9.64. The maximum Gasteiger partial charge on any atom is 0.547 e. The Hall–Kier alpha value is -4.84. The van der Waals surface area contributed by atoms with E-state index in [1.165, 1.54) is 4.90 Å². The minimum atomic E-state index is -2.22. The third-order valence-corrected chi connectivity index (χ3v) is 6.82. The van der Waals surface area contributed by atoms with Gasteiger partial charge >= 0.3 is 30.9 Å². The molecule has 1 unspecified atom stereocenters. The number of nitrogens with one attached hydrogen (secondary N) is 2. The summed E-state index contributed by atoms with van der Waals surface area (Å²) >= 11 is 0. The molecule has 0 radical (unpaired) electrons. The van der Waals surface area contributed by atoms with Crippen molar-refractivity contribution in [2.75, 3.05) is 26.2 Å². The third-order valence-electron chi connectivity index (χ3n) is 6.82. The number of aromatic carboxylic acids is 1. The number of rotatable bonds is 8. The van der Waals surface area contributed by atoms with Crippen LogP contribution in [-0.4, -0.2) is 94.0 Å². The van der Waals surface area contributed by atoms with Crippen LogP contribution in [0.15, 0.2) is 24.3 Å². The van der Waals surface area contributed by atoms with Crippen LogP contribution in [0.1, 0.15) is 33.9 Å². The molecule has 0 saturated carbocycles. The Morgan fingerprint density at radius 2 is 1.77 bits per heavy atom. The van der Waals surface area contributed by atoms with E-state index >= 15 is 0 Å². The van der Waals surface area contributed by atoms with Crippen LogP contribution in [0, 0.1) is 17.5 Å². The number of phenolic OH excluding ortho intramolecular Hbond substituents is 1. The largest absolute Gasteiger partial charge is 0.547 e. The average molecular weight is 607 g/mol. The molecule has 2 aromatic carbocycles. The Bertz CT molecular complexity index is 1470. The van der Waals surface area contributed by atoms with Crippen LogP contribution in [-0.2, 0) is 20.8 Å². The number of aromatic hydroxyl groups is 1. The first-order chi connectivity index (χ1) is 20.3. The van der Waals surface area contributed by atoms with Crippen molar-refractivity contribution in [3.8, 4) is 11.5 Å². The van der Waals surface area contributed by atoms with Gasteiger partial charge in [-0.2, -0.15) is 0 Å². The average Bonchev–Trinajstić information content (AvgIpc) is 2.93. The van der Waals surface area contributed by atoms with E-state index in [0.717, 1.165) is 12.1 Å². The van der Waals surface area contributed by atoms with Crippen LogP contribution in [0.3, 0.4) is 0 Å². The lowest BCUT2D eigenvalue weighted by Crippen LogP contribution is -2.60. The summed E-state index contributed by atoms with van der Waals surface area (Å²) in [7, 11) is -1.97. The summed E-state index contributed by atoms with van der Waals surface area (Å²) < 4.78 is 49.0. The number of carboxylic acids is 1. The Morgan fingerprint density at radius 1 is 1.09 bits per heavy atom. The van der Waals surface area contributed by atoms with Crippen molar-refractivity contribution in [3.05, 3.63) is 58.4 Å². The predicted octanol–water partition coefficient (Wildman–Crippen LogP) is -0.582. The normalized spacial score (nSPS) is 17.2. The summed E-state index contributed by atoms with van der Waals surface area (Å²) in [5, 5.41) is 33.6. The van der Waals surface area contributed by atoms with E-state index < -0.39 is 88.9 Å². The van der Waals surface area contributed by atoms with Gasteiger partial charge in [0.15, 0.2) is 0 Å². The van der Waals surface area contributed by atoms with Gasteiger partial charge in [0, 0.05) is 31.8 Å². The number of benzene rings is 2. The van der Waals surface area contributed by atoms with Gasteiger partial charge in [0.2, 0.25) is 5.91 Å². The maximum absolute atomic E-state index is 14.9. The van der Waals surface area contributed by atoms with Crippen LogP contribution < -0.4 is 21.0 Å². The molecule has 0 aliphatic carbocycles. The van der Waals surface area contributed by atoms with Crippen molar-refractivity contribution in [2.45, 2.75) is 24.8 Å². The van der Waals surface area contributed by atoms with Crippen LogP contribution in [0.5, 0.6) is 11.5 Å². The first-order valence-electron chi connectivity index (χ1n) is 12.8. The zero-order valence-electron chi connectivity index (χ0n) is 22.2. The fraction of sp³-hybridized carbons (Fsp3) is 0.320. The Kier molecular flexibility index (Phi) is 9.10. The van der Waals surface area contributed by atoms with Gasteiger partial charge in [-0.3, -0.25) is 19.3 Å². The molecule has 2 heterocycles. The van der Waals surface area contributed by atoms with Gasteiger partial charge in [-0.1, -0.05) is 6.07 Å². The molecule has 2 atom stereocenters. The van der Waals surface area contributed by atoms with Crippen molar-refractivity contribution in [1.82, 2.24) is 20.4 Å². The van der Waals surface area contributed by atoms with E-state index in [9.17, 15) is 52.4 Å². The standard InChI is InChI=1S/C25H25BF3N5O9/c27-13-3-2-11-8-16(26(42)43-20(11)18(13)24(39)40)31-21(36)19(17-14(28)9-12(35)10-15(17)29)32-25(41)34-7-6-33(5-1-4-30)22(37)23(34)38/h2-3,9-10,16,19,35,42H,1,4-8,30H2,(H,31,36)(H,32,41)(H,39,40)/t16-,19?/m0/s1. The molecule has 2 aliphatic rings. The van der Waals surface area contributed by atoms with Crippen LogP contribution >= 0.6 is 0 Å². The van der Waals surface area contributed by atoms with E-state index in [2.05, 4.69) is 5.32 Å². The lowest BCUT2D eigenvalue weighted by molar-refractivity contribution is -0.153. The number of nitrogens with two attached hydrogens (primary N) is 1. The summed E-state index contributed by atoms with van der Waals surface area (Å²) in [6.45, 7) is 0.0126. The van der Waals surface area contributed by atoms with Gasteiger partial charge < -0.3 is 41.2 Å². The number of hydrogen-bond acceptors (Lipinski definition) is 9. The lowest BCUT2D eigenvalue weighted by atomic mass is 9.72. The molecule has 18 heteroatoms. The van der Waals surface area contributed by atoms with E-state index in [1.54, 1.807) is 0 Å². The fourth-order valence-electron chi connectivity index (χ4n) is 4.71. The number of urea groups is 1. The molecule has 228 valence electrons. The fourth-order valence-corrected chi connectivity index (χ4v) is 4.71. The number of fused-ring (bicyclic) bond motifs is 1. The van der Waals surface area contributed by atoms with Gasteiger partial charge in [-0.05, 0) is 31.0 Å². The molecular weight excluding hydrogens is 582 g/mol. The number of carbonyl (C=O) groups excluding carboxylic acids is 4. The summed E-state index contributed by atoms with van der Waals surface area (Å²) in [4.78, 5) is 64.6. The molecule has 4 rings (SSSR count). The minimum Gasteiger partial charge on any atom is -0.534 e. The lowest BCUT2D eigenvalue weighted by Gasteiger charge is -2.34. The van der Waals surface area contributed by atoms with E-state index in [-0.39, 0.29) is 38.2 Å². The SMILES string of the molecule is NCCCN1CCN(C(=O)NC(C(=O)N[C@H]2Cc3ccc(F)c(C(=O)O)c3OB2O)c2c(F)cc(O)cc2F)C(=O)C1=O. The zero-order valence-corrected chi connectivity index (χ0v) is 22.2. The molecule has 14 nitrogen and oxygen atoms in total. The second-order valence-electron chi connectivity index (χ2n) is 9.64. The molecule has 1 saturated heterocycles. The highest BCUT2D eigenvalue weighted by Crippen LogP contribution is 2.33. The number of carboxylic acid groups (broad SMARTS) is 1. The number of hydrogen-bond donors (Lipinski definition) is 6. The number of halogens is 3. The summed E-state index contributed by atoms with van der Waals surface area (Å²) in [6, 6.07) is -0.658. The first-order valence-corrected chi connectivity index (χ1v) is 12.8. The number of nitrogens with zero attached hydrogens (tertiary/aromatic N) is 2. The molecule has 7 N–H and O–H groups in total. The molecule has 0 spiro atoms. The minimum absolute atomic E-state index is 0.0635. The molecular formula is C25H25BF3N5O9. The molecule has 2 aromatic rings. The molecule has 2 aliphatic heterocycles. The van der Waals surface area contributed by atoms with E-state index in [1.807, 2.05) is 5.32 Å². The Balaban J connectivity index is 1.60. The van der Waals surface area contributed by atoms with Crippen molar-refractivity contribution < 1.29 is 57.0 Å². The van der Waals surface area contributed by atoms with Crippen LogP contribution in [0.2, 0.25) is 0 Å².